The molecule has 1 aromatic rings. The van der Waals surface area contributed by atoms with Gasteiger partial charge in [0.2, 0.25) is 5.91 Å². The molecule has 2 saturated heterocycles. The number of aromatic nitrogens is 2. The Morgan fingerprint density at radius 3 is 2.90 bits per heavy atom. The fourth-order valence-corrected chi connectivity index (χ4v) is 3.10. The van der Waals surface area contributed by atoms with Gasteiger partial charge < -0.3 is 4.90 Å². The minimum atomic E-state index is -0.0561. The summed E-state index contributed by atoms with van der Waals surface area (Å²) in [5.74, 6) is 0.660. The third-order valence-electron chi connectivity index (χ3n) is 4.28. The van der Waals surface area contributed by atoms with Gasteiger partial charge >= 0.3 is 0 Å². The SMILES string of the molecule is CN1CCCC(N2CC(Cn3ncccc3=O)C2)C1=O. The molecule has 0 spiro atoms. The highest BCUT2D eigenvalue weighted by Crippen LogP contribution is 2.25. The van der Waals surface area contributed by atoms with Crippen molar-refractivity contribution in [2.45, 2.75) is 25.4 Å². The van der Waals surface area contributed by atoms with E-state index >= 15 is 0 Å². The van der Waals surface area contributed by atoms with E-state index in [1.165, 1.54) is 10.7 Å². The van der Waals surface area contributed by atoms with Gasteiger partial charge in [-0.2, -0.15) is 5.10 Å². The summed E-state index contributed by atoms with van der Waals surface area (Å²) < 4.78 is 1.51. The summed E-state index contributed by atoms with van der Waals surface area (Å²) in [6.07, 6.45) is 3.67. The summed E-state index contributed by atoms with van der Waals surface area (Å²) >= 11 is 0. The molecular weight excluding hydrogens is 256 g/mol. The van der Waals surface area contributed by atoms with Crippen LogP contribution in [0.15, 0.2) is 23.1 Å². The summed E-state index contributed by atoms with van der Waals surface area (Å²) in [5, 5.41) is 4.08. The maximum Gasteiger partial charge on any atom is 0.266 e. The van der Waals surface area contributed by atoms with E-state index in [1.807, 2.05) is 11.9 Å². The van der Waals surface area contributed by atoms with Crippen molar-refractivity contribution >= 4 is 5.91 Å². The van der Waals surface area contributed by atoms with Crippen molar-refractivity contribution in [3.05, 3.63) is 28.7 Å². The first-order valence-electron chi connectivity index (χ1n) is 7.16. The van der Waals surface area contributed by atoms with Crippen molar-refractivity contribution < 1.29 is 4.79 Å². The normalized spacial score (nSPS) is 24.8. The van der Waals surface area contributed by atoms with Gasteiger partial charge in [-0.1, -0.05) is 0 Å². The maximum atomic E-state index is 12.1. The zero-order valence-corrected chi connectivity index (χ0v) is 11.7. The van der Waals surface area contributed by atoms with Gasteiger partial charge in [-0.05, 0) is 18.9 Å². The number of likely N-dealkylation sites (tertiary alicyclic amines) is 2. The molecule has 1 atom stereocenters. The Kier molecular flexibility index (Phi) is 3.56. The Labute approximate surface area is 118 Å². The van der Waals surface area contributed by atoms with E-state index in [0.29, 0.717) is 12.5 Å². The van der Waals surface area contributed by atoms with Crippen molar-refractivity contribution in [2.75, 3.05) is 26.7 Å². The van der Waals surface area contributed by atoms with E-state index in [9.17, 15) is 9.59 Å². The van der Waals surface area contributed by atoms with Crippen LogP contribution in [0.2, 0.25) is 0 Å². The number of carbonyl (C=O) groups is 1. The van der Waals surface area contributed by atoms with Gasteiger partial charge in [-0.25, -0.2) is 4.68 Å². The van der Waals surface area contributed by atoms with E-state index in [1.54, 1.807) is 12.3 Å². The predicted molar refractivity (Wildman–Crippen MR) is 74.2 cm³/mol. The van der Waals surface area contributed by atoms with E-state index in [-0.39, 0.29) is 17.5 Å². The van der Waals surface area contributed by atoms with Gasteiger partial charge in [0.1, 0.15) is 0 Å². The van der Waals surface area contributed by atoms with Crippen LogP contribution in [-0.4, -0.2) is 58.2 Å². The zero-order valence-electron chi connectivity index (χ0n) is 11.7. The third-order valence-corrected chi connectivity index (χ3v) is 4.28. The van der Waals surface area contributed by atoms with E-state index in [4.69, 9.17) is 0 Å². The first-order valence-corrected chi connectivity index (χ1v) is 7.16. The van der Waals surface area contributed by atoms with Crippen LogP contribution in [0.4, 0.5) is 0 Å². The van der Waals surface area contributed by atoms with Crippen molar-refractivity contribution in [2.24, 2.45) is 5.92 Å². The van der Waals surface area contributed by atoms with E-state index in [0.717, 1.165) is 32.5 Å². The highest BCUT2D eigenvalue weighted by atomic mass is 16.2. The highest BCUT2D eigenvalue weighted by Gasteiger charge is 2.38. The third kappa shape index (κ3) is 2.47. The predicted octanol–water partition coefficient (Wildman–Crippen LogP) is -0.204. The Morgan fingerprint density at radius 2 is 2.15 bits per heavy atom. The molecule has 108 valence electrons. The average Bonchev–Trinajstić information content (AvgIpc) is 2.39. The molecule has 0 radical (unpaired) electrons. The van der Waals surface area contributed by atoms with Crippen LogP contribution < -0.4 is 5.56 Å². The van der Waals surface area contributed by atoms with Crippen LogP contribution >= 0.6 is 0 Å². The lowest BCUT2D eigenvalue weighted by Gasteiger charge is -2.46. The first kappa shape index (κ1) is 13.3. The Morgan fingerprint density at radius 1 is 1.35 bits per heavy atom. The summed E-state index contributed by atoms with van der Waals surface area (Å²) in [7, 11) is 1.87. The number of rotatable bonds is 3. The molecule has 2 fully saturated rings. The molecule has 1 aromatic heterocycles. The molecule has 3 heterocycles. The average molecular weight is 276 g/mol. The van der Waals surface area contributed by atoms with Gasteiger partial charge in [0.15, 0.2) is 0 Å². The first-order chi connectivity index (χ1) is 9.65. The number of carbonyl (C=O) groups excluding carboxylic acids is 1. The monoisotopic (exact) mass is 276 g/mol. The minimum Gasteiger partial charge on any atom is -0.344 e. The standard InChI is InChI=1S/C14H20N4O2/c1-16-7-3-4-12(14(16)20)17-8-11(9-17)10-18-13(19)5-2-6-15-18/h2,5-6,11-12H,3-4,7-10H2,1H3. The number of nitrogens with zero attached hydrogens (tertiary/aromatic N) is 4. The van der Waals surface area contributed by atoms with Gasteiger partial charge in [0.25, 0.3) is 5.56 Å². The van der Waals surface area contributed by atoms with Gasteiger partial charge in [-0.15, -0.1) is 0 Å². The molecule has 6 nitrogen and oxygen atoms in total. The number of piperidine rings is 1. The second kappa shape index (κ2) is 5.36. The van der Waals surface area contributed by atoms with Gasteiger partial charge in [0, 0.05) is 44.9 Å². The van der Waals surface area contributed by atoms with Crippen LogP contribution in [0, 0.1) is 5.92 Å². The van der Waals surface area contributed by atoms with Crippen LogP contribution in [-0.2, 0) is 11.3 Å². The number of likely N-dealkylation sites (N-methyl/N-ethyl adjacent to an activating group) is 1. The second-order valence-electron chi connectivity index (χ2n) is 5.78. The molecular formula is C14H20N4O2. The number of hydrogen-bond donors (Lipinski definition) is 0. The molecule has 3 rings (SSSR count). The van der Waals surface area contributed by atoms with Crippen LogP contribution in [0.5, 0.6) is 0 Å². The van der Waals surface area contributed by atoms with Crippen molar-refractivity contribution in [1.29, 1.82) is 0 Å². The maximum absolute atomic E-state index is 12.1. The lowest BCUT2D eigenvalue weighted by molar-refractivity contribution is -0.142. The molecule has 2 aliphatic rings. The zero-order chi connectivity index (χ0) is 14.1. The molecule has 1 unspecified atom stereocenters. The van der Waals surface area contributed by atoms with Crippen molar-refractivity contribution in [1.82, 2.24) is 19.6 Å². The topological polar surface area (TPSA) is 58.4 Å². The molecule has 0 aromatic carbocycles. The summed E-state index contributed by atoms with van der Waals surface area (Å²) in [6.45, 7) is 3.28. The summed E-state index contributed by atoms with van der Waals surface area (Å²) in [5.41, 5.74) is -0.0561. The van der Waals surface area contributed by atoms with Gasteiger partial charge in [0.05, 0.1) is 12.6 Å². The van der Waals surface area contributed by atoms with Crippen molar-refractivity contribution in [3.8, 4) is 0 Å². The molecule has 6 heteroatoms. The Bertz CT molecular complexity index is 550. The summed E-state index contributed by atoms with van der Waals surface area (Å²) in [6, 6.07) is 3.23. The molecule has 20 heavy (non-hydrogen) atoms. The smallest absolute Gasteiger partial charge is 0.266 e. The second-order valence-corrected chi connectivity index (χ2v) is 5.78. The van der Waals surface area contributed by atoms with E-state index < -0.39 is 0 Å². The van der Waals surface area contributed by atoms with Gasteiger partial charge in [-0.3, -0.25) is 14.5 Å². The summed E-state index contributed by atoms with van der Waals surface area (Å²) in [4.78, 5) is 27.8. The van der Waals surface area contributed by atoms with Crippen LogP contribution in [0.1, 0.15) is 12.8 Å². The number of amides is 1. The van der Waals surface area contributed by atoms with E-state index in [2.05, 4.69) is 10.00 Å². The molecule has 0 saturated carbocycles. The molecule has 0 bridgehead atoms. The molecule has 0 N–H and O–H groups in total. The minimum absolute atomic E-state index is 0.0467. The lowest BCUT2D eigenvalue weighted by Crippen LogP contribution is -2.60. The van der Waals surface area contributed by atoms with Crippen LogP contribution in [0.25, 0.3) is 0 Å². The fraction of sp³-hybridized carbons (Fsp3) is 0.643. The quantitative estimate of drug-likeness (QED) is 0.767. The lowest BCUT2D eigenvalue weighted by atomic mass is 9.93. The molecule has 0 aliphatic carbocycles. The Balaban J connectivity index is 1.55. The largest absolute Gasteiger partial charge is 0.344 e. The van der Waals surface area contributed by atoms with Crippen LogP contribution in [0.3, 0.4) is 0 Å². The molecule has 1 amide bonds. The number of hydrogen-bond acceptors (Lipinski definition) is 4. The highest BCUT2D eigenvalue weighted by molar-refractivity contribution is 5.82. The molecule has 2 aliphatic heterocycles. The Hall–Kier alpha value is -1.69. The van der Waals surface area contributed by atoms with Crippen molar-refractivity contribution in [3.63, 3.8) is 0 Å². The fourth-order valence-electron chi connectivity index (χ4n) is 3.10.